The van der Waals surface area contributed by atoms with E-state index in [1.807, 2.05) is 12.1 Å². The SMILES string of the molecule is COc1cc(OC)c(OC)cc1CN1CCCC(c2[nH]ncc2-c2ccc(F)c(F)c2)C1. The van der Waals surface area contributed by atoms with Gasteiger partial charge in [-0.2, -0.15) is 5.10 Å². The Bertz CT molecular complexity index is 1090. The maximum atomic E-state index is 13.8. The van der Waals surface area contributed by atoms with Crippen molar-refractivity contribution in [2.24, 2.45) is 0 Å². The van der Waals surface area contributed by atoms with Crippen LogP contribution in [0.15, 0.2) is 36.5 Å². The first-order chi connectivity index (χ1) is 15.5. The van der Waals surface area contributed by atoms with Crippen molar-refractivity contribution in [1.82, 2.24) is 15.1 Å². The van der Waals surface area contributed by atoms with Crippen LogP contribution < -0.4 is 14.2 Å². The number of aromatic amines is 1. The summed E-state index contributed by atoms with van der Waals surface area (Å²) in [6, 6.07) is 7.74. The molecule has 1 aromatic heterocycles. The van der Waals surface area contributed by atoms with Gasteiger partial charge in [-0.05, 0) is 43.1 Å². The fraction of sp³-hybridized carbons (Fsp3) is 0.375. The van der Waals surface area contributed by atoms with Gasteiger partial charge in [-0.3, -0.25) is 10.00 Å². The highest BCUT2D eigenvalue weighted by atomic mass is 19.2. The maximum Gasteiger partial charge on any atom is 0.164 e. The third-order valence-electron chi connectivity index (χ3n) is 5.99. The number of aromatic nitrogens is 2. The number of piperidine rings is 1. The highest BCUT2D eigenvalue weighted by Gasteiger charge is 2.26. The summed E-state index contributed by atoms with van der Waals surface area (Å²) in [5, 5.41) is 7.29. The lowest BCUT2D eigenvalue weighted by atomic mass is 9.90. The van der Waals surface area contributed by atoms with Crippen LogP contribution in [-0.2, 0) is 6.54 Å². The number of likely N-dealkylation sites (tertiary alicyclic amines) is 1. The Hall–Kier alpha value is -3.13. The van der Waals surface area contributed by atoms with Crippen molar-refractivity contribution in [2.75, 3.05) is 34.4 Å². The van der Waals surface area contributed by atoms with Crippen LogP contribution >= 0.6 is 0 Å². The van der Waals surface area contributed by atoms with Crippen LogP contribution in [0.4, 0.5) is 8.78 Å². The quantitative estimate of drug-likeness (QED) is 0.571. The van der Waals surface area contributed by atoms with E-state index in [1.54, 1.807) is 33.6 Å². The standard InChI is InChI=1S/C24H27F2N3O3/c1-30-21-11-23(32-3)22(31-2)10-17(21)14-29-8-4-5-16(13-29)24-18(12-27-28-24)15-6-7-19(25)20(26)9-15/h6-7,9-12,16H,4-5,8,13-14H2,1-3H3,(H,27,28). The monoisotopic (exact) mass is 443 g/mol. The maximum absolute atomic E-state index is 13.8. The van der Waals surface area contributed by atoms with Crippen molar-refractivity contribution in [2.45, 2.75) is 25.3 Å². The van der Waals surface area contributed by atoms with Crippen molar-refractivity contribution >= 4 is 0 Å². The molecule has 1 aliphatic heterocycles. The van der Waals surface area contributed by atoms with E-state index >= 15 is 0 Å². The molecule has 4 rings (SSSR count). The van der Waals surface area contributed by atoms with Crippen LogP contribution in [0.5, 0.6) is 17.2 Å². The summed E-state index contributed by atoms with van der Waals surface area (Å²) in [7, 11) is 4.85. The Morgan fingerprint density at radius 1 is 1.00 bits per heavy atom. The molecule has 6 nitrogen and oxygen atoms in total. The fourth-order valence-corrected chi connectivity index (χ4v) is 4.39. The normalized spacial score (nSPS) is 16.7. The lowest BCUT2D eigenvalue weighted by Gasteiger charge is -2.33. The first-order valence-electron chi connectivity index (χ1n) is 10.5. The van der Waals surface area contributed by atoms with Gasteiger partial charge in [0.1, 0.15) is 5.75 Å². The number of nitrogens with one attached hydrogen (secondary N) is 1. The van der Waals surface area contributed by atoms with Crippen LogP contribution in [0, 0.1) is 11.6 Å². The number of rotatable bonds is 7. The van der Waals surface area contributed by atoms with Crippen LogP contribution in [0.1, 0.15) is 30.0 Å². The molecule has 2 aromatic carbocycles. The molecule has 0 bridgehead atoms. The molecule has 1 saturated heterocycles. The molecule has 0 spiro atoms. The van der Waals surface area contributed by atoms with E-state index in [9.17, 15) is 8.78 Å². The predicted octanol–water partition coefficient (Wildman–Crippen LogP) is 4.76. The second kappa shape index (κ2) is 9.56. The van der Waals surface area contributed by atoms with Gasteiger partial charge >= 0.3 is 0 Å². The Kier molecular flexibility index (Phi) is 6.60. The van der Waals surface area contributed by atoms with Gasteiger partial charge in [0.2, 0.25) is 0 Å². The molecule has 0 saturated carbocycles. The van der Waals surface area contributed by atoms with Crippen LogP contribution in [-0.4, -0.2) is 49.5 Å². The lowest BCUT2D eigenvalue weighted by molar-refractivity contribution is 0.196. The number of hydrogen-bond donors (Lipinski definition) is 1. The topological polar surface area (TPSA) is 59.6 Å². The number of ether oxygens (including phenoxy) is 3. The second-order valence-corrected chi connectivity index (χ2v) is 7.92. The summed E-state index contributed by atoms with van der Waals surface area (Å²) < 4.78 is 43.6. The number of nitrogens with zero attached hydrogens (tertiary/aromatic N) is 2. The minimum atomic E-state index is -0.861. The highest BCUT2D eigenvalue weighted by molar-refractivity contribution is 5.66. The third kappa shape index (κ3) is 4.41. The Labute approximate surface area is 186 Å². The second-order valence-electron chi connectivity index (χ2n) is 7.92. The summed E-state index contributed by atoms with van der Waals surface area (Å²) in [5.74, 6) is 0.505. The van der Waals surface area contributed by atoms with Crippen LogP contribution in [0.3, 0.4) is 0 Å². The highest BCUT2D eigenvalue weighted by Crippen LogP contribution is 2.37. The smallest absolute Gasteiger partial charge is 0.164 e. The van der Waals surface area contributed by atoms with Gasteiger partial charge in [-0.15, -0.1) is 0 Å². The molecular formula is C24H27F2N3O3. The zero-order valence-corrected chi connectivity index (χ0v) is 18.5. The van der Waals surface area contributed by atoms with E-state index in [2.05, 4.69) is 15.1 Å². The molecule has 170 valence electrons. The molecule has 8 heteroatoms. The number of hydrogen-bond acceptors (Lipinski definition) is 5. The molecule has 0 amide bonds. The van der Waals surface area contributed by atoms with Gasteiger partial charge in [0.15, 0.2) is 23.1 Å². The molecular weight excluding hydrogens is 416 g/mol. The van der Waals surface area contributed by atoms with Gasteiger partial charge in [-0.1, -0.05) is 6.07 Å². The van der Waals surface area contributed by atoms with Gasteiger partial charge in [-0.25, -0.2) is 8.78 Å². The van der Waals surface area contributed by atoms with Crippen molar-refractivity contribution in [3.05, 3.63) is 59.4 Å². The first-order valence-corrected chi connectivity index (χ1v) is 10.5. The molecule has 32 heavy (non-hydrogen) atoms. The molecule has 1 fully saturated rings. The molecule has 2 heterocycles. The first kappa shape index (κ1) is 22.1. The predicted molar refractivity (Wildman–Crippen MR) is 117 cm³/mol. The number of benzene rings is 2. The largest absolute Gasteiger partial charge is 0.496 e. The van der Waals surface area contributed by atoms with E-state index in [0.717, 1.165) is 54.6 Å². The third-order valence-corrected chi connectivity index (χ3v) is 5.99. The Morgan fingerprint density at radius 3 is 2.47 bits per heavy atom. The molecule has 1 atom stereocenters. The zero-order valence-electron chi connectivity index (χ0n) is 18.5. The number of H-pyrrole nitrogens is 1. The van der Waals surface area contributed by atoms with Crippen LogP contribution in [0.25, 0.3) is 11.1 Å². The fourth-order valence-electron chi connectivity index (χ4n) is 4.39. The average molecular weight is 443 g/mol. The van der Waals surface area contributed by atoms with E-state index in [0.29, 0.717) is 23.6 Å². The summed E-state index contributed by atoms with van der Waals surface area (Å²) in [5.41, 5.74) is 3.38. The number of halogens is 2. The van der Waals surface area contributed by atoms with E-state index in [4.69, 9.17) is 14.2 Å². The van der Waals surface area contributed by atoms with Crippen molar-refractivity contribution in [1.29, 1.82) is 0 Å². The summed E-state index contributed by atoms with van der Waals surface area (Å²) >= 11 is 0. The summed E-state index contributed by atoms with van der Waals surface area (Å²) in [6.07, 6.45) is 3.67. The van der Waals surface area contributed by atoms with Crippen LogP contribution in [0.2, 0.25) is 0 Å². The average Bonchev–Trinajstić information content (AvgIpc) is 3.31. The molecule has 0 aliphatic carbocycles. The minimum Gasteiger partial charge on any atom is -0.496 e. The number of methoxy groups -OCH3 is 3. The molecule has 0 radical (unpaired) electrons. The van der Waals surface area contributed by atoms with Crippen molar-refractivity contribution < 1.29 is 23.0 Å². The summed E-state index contributed by atoms with van der Waals surface area (Å²) in [6.45, 7) is 2.44. The van der Waals surface area contributed by atoms with E-state index < -0.39 is 11.6 Å². The minimum absolute atomic E-state index is 0.195. The van der Waals surface area contributed by atoms with Gasteiger partial charge in [0, 0.05) is 41.9 Å². The Balaban J connectivity index is 1.56. The van der Waals surface area contributed by atoms with E-state index in [1.165, 1.54) is 6.07 Å². The van der Waals surface area contributed by atoms with Gasteiger partial charge < -0.3 is 14.2 Å². The zero-order chi connectivity index (χ0) is 22.7. The lowest BCUT2D eigenvalue weighted by Crippen LogP contribution is -2.34. The van der Waals surface area contributed by atoms with Crippen molar-refractivity contribution in [3.63, 3.8) is 0 Å². The summed E-state index contributed by atoms with van der Waals surface area (Å²) in [4.78, 5) is 2.35. The molecule has 1 unspecified atom stereocenters. The Morgan fingerprint density at radius 2 is 1.75 bits per heavy atom. The molecule has 1 aliphatic rings. The van der Waals surface area contributed by atoms with Gasteiger partial charge in [0.05, 0.1) is 27.5 Å². The van der Waals surface area contributed by atoms with Crippen molar-refractivity contribution in [3.8, 4) is 28.4 Å². The molecule has 1 N–H and O–H groups in total. The van der Waals surface area contributed by atoms with Gasteiger partial charge in [0.25, 0.3) is 0 Å². The van der Waals surface area contributed by atoms with E-state index in [-0.39, 0.29) is 5.92 Å². The molecule has 3 aromatic rings.